The Hall–Kier alpha value is -3.82. The fraction of sp³-hybridized carbons (Fsp3) is 0.167. The first-order chi connectivity index (χ1) is 13.5. The molecule has 0 aliphatic carbocycles. The van der Waals surface area contributed by atoms with Gasteiger partial charge < -0.3 is 5.32 Å². The summed E-state index contributed by atoms with van der Waals surface area (Å²) in [5.41, 5.74) is 0.450. The van der Waals surface area contributed by atoms with Crippen LogP contribution < -0.4 is 15.9 Å². The quantitative estimate of drug-likeness (QED) is 0.706. The largest absolute Gasteiger partial charge is 0.365 e. The smallest absolute Gasteiger partial charge is 0.349 e. The van der Waals surface area contributed by atoms with Crippen LogP contribution in [0.25, 0.3) is 0 Å². The molecule has 1 aliphatic rings. The lowest BCUT2D eigenvalue weighted by Gasteiger charge is -2.15. The molecule has 3 aromatic rings. The predicted octanol–water partition coefficient (Wildman–Crippen LogP) is 0.884. The maximum absolute atomic E-state index is 13.1. The number of nitrogens with one attached hydrogen (secondary N) is 1. The van der Waals surface area contributed by atoms with Gasteiger partial charge in [0.1, 0.15) is 12.4 Å². The number of nitrogens with zero attached hydrogens (tertiary/aromatic N) is 5. The molecule has 0 bridgehead atoms. The van der Waals surface area contributed by atoms with E-state index in [0.29, 0.717) is 11.4 Å². The van der Waals surface area contributed by atoms with Gasteiger partial charge in [-0.1, -0.05) is 6.07 Å². The molecule has 1 N–H and O–H groups in total. The van der Waals surface area contributed by atoms with E-state index in [0.717, 1.165) is 9.36 Å². The first kappa shape index (κ1) is 17.6. The van der Waals surface area contributed by atoms with Gasteiger partial charge in [0, 0.05) is 11.9 Å². The minimum absolute atomic E-state index is 0.0578. The van der Waals surface area contributed by atoms with Crippen molar-refractivity contribution in [3.05, 3.63) is 76.5 Å². The van der Waals surface area contributed by atoms with Crippen molar-refractivity contribution >= 4 is 17.6 Å². The average Bonchev–Trinajstić information content (AvgIpc) is 3.17. The second kappa shape index (κ2) is 7.06. The molecule has 4 rings (SSSR count). The lowest BCUT2D eigenvalue weighted by Crippen LogP contribution is -2.38. The molecule has 2 amide bonds. The Bertz CT molecular complexity index is 1090. The van der Waals surface area contributed by atoms with Crippen LogP contribution >= 0.6 is 0 Å². The Morgan fingerprint density at radius 3 is 2.64 bits per heavy atom. The Labute approximate surface area is 158 Å². The van der Waals surface area contributed by atoms with Gasteiger partial charge >= 0.3 is 11.7 Å². The molecule has 1 aromatic carbocycles. The Morgan fingerprint density at radius 2 is 1.93 bits per heavy atom. The zero-order chi connectivity index (χ0) is 19.7. The third-order valence-electron chi connectivity index (χ3n) is 4.27. The highest BCUT2D eigenvalue weighted by atomic mass is 19.1. The van der Waals surface area contributed by atoms with Gasteiger partial charge in [0.2, 0.25) is 5.91 Å². The molecule has 0 saturated carbocycles. The van der Waals surface area contributed by atoms with E-state index in [1.807, 2.05) is 0 Å². The van der Waals surface area contributed by atoms with E-state index in [1.54, 1.807) is 24.4 Å². The average molecular weight is 382 g/mol. The minimum atomic E-state index is -0.685. The molecule has 0 radical (unpaired) electrons. The summed E-state index contributed by atoms with van der Waals surface area (Å²) < 4.78 is 15.2. The summed E-state index contributed by atoms with van der Waals surface area (Å²) in [5, 5.41) is 2.65. The van der Waals surface area contributed by atoms with Gasteiger partial charge in [-0.25, -0.2) is 18.7 Å². The lowest BCUT2D eigenvalue weighted by molar-refractivity contribution is -0.122. The van der Waals surface area contributed by atoms with Crippen molar-refractivity contribution in [2.24, 2.45) is 0 Å². The summed E-state index contributed by atoms with van der Waals surface area (Å²) in [7, 11) is 0. The van der Waals surface area contributed by atoms with Crippen molar-refractivity contribution in [3.63, 3.8) is 0 Å². The van der Waals surface area contributed by atoms with Crippen molar-refractivity contribution in [1.29, 1.82) is 0 Å². The molecular weight excluding hydrogens is 367 g/mol. The normalized spacial score (nSPS) is 12.9. The van der Waals surface area contributed by atoms with Crippen molar-refractivity contribution in [3.8, 4) is 0 Å². The molecule has 0 saturated heterocycles. The molecule has 2 aromatic heterocycles. The van der Waals surface area contributed by atoms with Gasteiger partial charge in [-0.3, -0.25) is 14.7 Å². The van der Waals surface area contributed by atoms with Crippen LogP contribution in [-0.4, -0.2) is 31.3 Å². The molecule has 0 unspecified atom stereocenters. The number of carbonyl (C=O) groups excluding carboxylic acids is 2. The number of fused-ring (bicyclic) bond motifs is 1. The number of amides is 2. The molecule has 142 valence electrons. The topological polar surface area (TPSA) is 102 Å². The molecule has 10 heteroatoms. The summed E-state index contributed by atoms with van der Waals surface area (Å²) in [5.74, 6) is -0.657. The summed E-state index contributed by atoms with van der Waals surface area (Å²) >= 11 is 0. The van der Waals surface area contributed by atoms with Crippen LogP contribution in [0.4, 0.5) is 14.9 Å². The fourth-order valence-corrected chi connectivity index (χ4v) is 2.92. The van der Waals surface area contributed by atoms with E-state index in [4.69, 9.17) is 0 Å². The fourth-order valence-electron chi connectivity index (χ4n) is 2.92. The summed E-state index contributed by atoms with van der Waals surface area (Å²) in [6.45, 7) is -0.102. The molecule has 1 aliphatic heterocycles. The summed E-state index contributed by atoms with van der Waals surface area (Å²) in [4.78, 5) is 46.4. The van der Waals surface area contributed by atoms with Gasteiger partial charge in [0.25, 0.3) is 0 Å². The molecule has 0 spiro atoms. The number of rotatable bonds is 5. The molecule has 0 atom stereocenters. The highest BCUT2D eigenvalue weighted by Gasteiger charge is 2.33. The van der Waals surface area contributed by atoms with Crippen molar-refractivity contribution in [1.82, 2.24) is 24.6 Å². The summed E-state index contributed by atoms with van der Waals surface area (Å²) in [6, 6.07) is 10.2. The number of hydrogen-bond donors (Lipinski definition) is 1. The van der Waals surface area contributed by atoms with E-state index < -0.39 is 23.4 Å². The molecule has 0 fully saturated rings. The van der Waals surface area contributed by atoms with Crippen LogP contribution in [-0.2, 0) is 24.4 Å². The summed E-state index contributed by atoms with van der Waals surface area (Å²) in [6.07, 6.45) is 1.61. The van der Waals surface area contributed by atoms with E-state index in [9.17, 15) is 18.8 Å². The van der Waals surface area contributed by atoms with Crippen LogP contribution in [0.2, 0.25) is 0 Å². The van der Waals surface area contributed by atoms with Crippen LogP contribution in [0, 0.1) is 5.82 Å². The third-order valence-corrected chi connectivity index (χ3v) is 4.27. The predicted molar refractivity (Wildman–Crippen MR) is 95.9 cm³/mol. The van der Waals surface area contributed by atoms with Crippen LogP contribution in [0.1, 0.15) is 11.5 Å². The second-order valence-corrected chi connectivity index (χ2v) is 6.12. The number of anilines is 1. The molecule has 28 heavy (non-hydrogen) atoms. The molecule has 9 nitrogen and oxygen atoms in total. The van der Waals surface area contributed by atoms with Gasteiger partial charge in [0.15, 0.2) is 5.82 Å². The first-order valence-corrected chi connectivity index (χ1v) is 8.46. The zero-order valence-corrected chi connectivity index (χ0v) is 14.6. The number of aromatic nitrogens is 4. The Kier molecular flexibility index (Phi) is 4.44. The lowest BCUT2D eigenvalue weighted by atomic mass is 10.3. The Balaban J connectivity index is 1.50. The number of hydrogen-bond acceptors (Lipinski definition) is 5. The molecular formula is C18H15FN6O3. The van der Waals surface area contributed by atoms with Crippen LogP contribution in [0.15, 0.2) is 53.5 Å². The minimum Gasteiger partial charge on any atom is -0.349 e. The van der Waals surface area contributed by atoms with E-state index in [-0.39, 0.29) is 25.5 Å². The maximum Gasteiger partial charge on any atom is 0.365 e. The number of halogens is 1. The maximum atomic E-state index is 13.1. The monoisotopic (exact) mass is 382 g/mol. The molecule has 3 heterocycles. The van der Waals surface area contributed by atoms with E-state index in [2.05, 4.69) is 15.3 Å². The van der Waals surface area contributed by atoms with Crippen LogP contribution in [0.5, 0.6) is 0 Å². The number of carbonyl (C=O) groups is 2. The second-order valence-electron chi connectivity index (χ2n) is 6.12. The van der Waals surface area contributed by atoms with Gasteiger partial charge in [-0.05, 0) is 36.4 Å². The Morgan fingerprint density at radius 1 is 1.14 bits per heavy atom. The zero-order valence-electron chi connectivity index (χ0n) is 14.6. The number of benzene rings is 1. The van der Waals surface area contributed by atoms with Crippen LogP contribution in [0.3, 0.4) is 0 Å². The van der Waals surface area contributed by atoms with Crippen molar-refractivity contribution in [2.45, 2.75) is 19.6 Å². The first-order valence-electron chi connectivity index (χ1n) is 8.46. The van der Waals surface area contributed by atoms with E-state index in [1.165, 1.54) is 29.2 Å². The van der Waals surface area contributed by atoms with Gasteiger partial charge in [-0.15, -0.1) is 0 Å². The van der Waals surface area contributed by atoms with Gasteiger partial charge in [0.05, 0.1) is 18.8 Å². The number of pyridine rings is 1. The third kappa shape index (κ3) is 3.27. The van der Waals surface area contributed by atoms with Gasteiger partial charge in [-0.2, -0.15) is 9.67 Å². The highest BCUT2D eigenvalue weighted by molar-refractivity contribution is 5.95. The van der Waals surface area contributed by atoms with Crippen molar-refractivity contribution < 1.29 is 14.0 Å². The highest BCUT2D eigenvalue weighted by Crippen LogP contribution is 2.22. The SMILES string of the molecule is O=C(Cn1c(=O)nc2n1C(=O)N(c1ccc(F)cc1)C2)NCc1ccccn1. The van der Waals surface area contributed by atoms with E-state index >= 15 is 0 Å². The van der Waals surface area contributed by atoms with Crippen molar-refractivity contribution in [2.75, 3.05) is 4.90 Å². The standard InChI is InChI=1S/C18H15FN6O3/c19-12-4-6-14(7-5-12)23-10-15-22-17(27)24(25(15)18(23)28)11-16(26)21-9-13-3-1-2-8-20-13/h1-8H,9-11H2,(H,21,26).